The first-order chi connectivity index (χ1) is 3.80. The Balaban J connectivity index is 3.13. The van der Waals surface area contributed by atoms with Crippen molar-refractivity contribution in [3.63, 3.8) is 0 Å². The number of rotatable bonds is 0. The fraction of sp³-hybridized carbons (Fsp3) is 0. The van der Waals surface area contributed by atoms with Crippen LogP contribution in [0.5, 0.6) is 0 Å². The Morgan fingerprint density at radius 1 is 1.71 bits per heavy atom. The lowest BCUT2D eigenvalue weighted by atomic mass is 10.5. The summed E-state index contributed by atoms with van der Waals surface area (Å²) in [5.41, 5.74) is 0. The average Bonchev–Trinajstić information content (AvgIpc) is 1.77. The molecule has 1 aromatic rings. The molecule has 1 nitrogen and oxygen atoms in total. The van der Waals surface area contributed by atoms with E-state index in [1.54, 1.807) is 0 Å². The molecule has 0 amide bonds. The van der Waals surface area contributed by atoms with Gasteiger partial charge in [0.1, 0.15) is 0 Å². The van der Waals surface area contributed by atoms with Gasteiger partial charge in [0.2, 0.25) is 5.95 Å². The molecule has 0 unspecified atom stereocenters. The zero-order valence-corrected chi connectivity index (χ0v) is 3.56. The molecule has 0 aromatic carbocycles. The monoisotopic (exact) mass is 98.0 g/mol. The highest BCUT2D eigenvalue weighted by Gasteiger charge is 1.78. The first kappa shape index (κ1) is 3.13. The molecule has 36 valence electrons. The minimum atomic E-state index is -0.715. The fourth-order valence-corrected chi connectivity index (χ4v) is 0.306. The van der Waals surface area contributed by atoms with Gasteiger partial charge in [0.05, 0.1) is 1.37 Å². The van der Waals surface area contributed by atoms with Crippen molar-refractivity contribution in [1.82, 2.24) is 4.98 Å². The first-order valence-electron chi connectivity index (χ1n) is 2.38. The predicted octanol–water partition coefficient (Wildman–Crippen LogP) is 1.22. The molecule has 0 radical (unpaired) electrons. The lowest BCUT2D eigenvalue weighted by Crippen LogP contribution is -1.73. The molecule has 0 aliphatic heterocycles. The van der Waals surface area contributed by atoms with E-state index in [1.807, 2.05) is 0 Å². The molecule has 1 rings (SSSR count). The molecule has 0 N–H and O–H groups in total. The Kier molecular flexibility index (Phi) is 0.754. The van der Waals surface area contributed by atoms with E-state index in [4.69, 9.17) is 1.37 Å². The number of halogens is 1. The summed E-state index contributed by atoms with van der Waals surface area (Å²) in [5.74, 6) is -0.715. The van der Waals surface area contributed by atoms with Crippen molar-refractivity contribution in [3.05, 3.63) is 30.3 Å². The van der Waals surface area contributed by atoms with Gasteiger partial charge in [-0.2, -0.15) is 4.39 Å². The highest BCUT2D eigenvalue weighted by molar-refractivity contribution is 4.90. The smallest absolute Gasteiger partial charge is 0.212 e. The fourth-order valence-electron chi connectivity index (χ4n) is 0.306. The molecule has 0 aliphatic rings. The van der Waals surface area contributed by atoms with E-state index in [0.29, 0.717) is 0 Å². The van der Waals surface area contributed by atoms with Crippen LogP contribution in [0.2, 0.25) is 0 Å². The van der Waals surface area contributed by atoms with Gasteiger partial charge in [-0.25, -0.2) is 4.98 Å². The second kappa shape index (κ2) is 1.69. The Morgan fingerprint density at radius 3 is 3.00 bits per heavy atom. The molecule has 2 heteroatoms. The van der Waals surface area contributed by atoms with Crippen molar-refractivity contribution in [2.75, 3.05) is 0 Å². The Labute approximate surface area is 42.2 Å². The summed E-state index contributed by atoms with van der Waals surface area (Å²) < 4.78 is 18.8. The average molecular weight is 98.1 g/mol. The van der Waals surface area contributed by atoms with E-state index in [0.717, 1.165) is 0 Å². The van der Waals surface area contributed by atoms with Crippen LogP contribution in [0.1, 0.15) is 1.37 Å². The van der Waals surface area contributed by atoms with Crippen LogP contribution in [0.3, 0.4) is 0 Å². The minimum absolute atomic E-state index is 0.160. The van der Waals surface area contributed by atoms with Gasteiger partial charge in [0.15, 0.2) is 0 Å². The van der Waals surface area contributed by atoms with Gasteiger partial charge in [-0.15, -0.1) is 0 Å². The molecule has 0 saturated heterocycles. The van der Waals surface area contributed by atoms with Crippen molar-refractivity contribution in [2.24, 2.45) is 0 Å². The van der Waals surface area contributed by atoms with Crippen LogP contribution >= 0.6 is 0 Å². The normalized spacial score (nSPS) is 10.7. The largest absolute Gasteiger partial charge is 0.228 e. The van der Waals surface area contributed by atoms with E-state index in [1.165, 1.54) is 18.3 Å². The number of pyridine rings is 1. The Bertz CT molecular complexity index is 169. The zero-order chi connectivity index (χ0) is 5.98. The summed E-state index contributed by atoms with van der Waals surface area (Å²) in [5, 5.41) is 0. The summed E-state index contributed by atoms with van der Waals surface area (Å²) in [6.07, 6.45) is 1.31. The van der Waals surface area contributed by atoms with Gasteiger partial charge in [-0.3, -0.25) is 0 Å². The molecular formula is C5H4FN. The van der Waals surface area contributed by atoms with E-state index in [9.17, 15) is 4.39 Å². The van der Waals surface area contributed by atoms with Gasteiger partial charge in [0.25, 0.3) is 0 Å². The summed E-state index contributed by atoms with van der Waals surface area (Å²) in [4.78, 5) is 3.22. The summed E-state index contributed by atoms with van der Waals surface area (Å²) in [7, 11) is 0. The molecule has 7 heavy (non-hydrogen) atoms. The standard InChI is InChI=1S/C5H4FN/c6-5-3-1-2-4-7-5/h1-4H/i3D. The maximum absolute atomic E-state index is 12.0. The van der Waals surface area contributed by atoms with Crippen molar-refractivity contribution < 1.29 is 5.76 Å². The second-order valence-electron chi connectivity index (χ2n) is 1.07. The van der Waals surface area contributed by atoms with Crippen molar-refractivity contribution >= 4 is 0 Å². The van der Waals surface area contributed by atoms with Crippen LogP contribution in [0.25, 0.3) is 0 Å². The number of hydrogen-bond acceptors (Lipinski definition) is 1. The molecule has 0 spiro atoms. The summed E-state index contributed by atoms with van der Waals surface area (Å²) >= 11 is 0. The summed E-state index contributed by atoms with van der Waals surface area (Å²) in [6, 6.07) is 2.71. The molecule has 0 bridgehead atoms. The molecule has 0 atom stereocenters. The van der Waals surface area contributed by atoms with E-state index < -0.39 is 5.95 Å². The van der Waals surface area contributed by atoms with Gasteiger partial charge >= 0.3 is 0 Å². The topological polar surface area (TPSA) is 12.9 Å². The minimum Gasteiger partial charge on any atom is -0.228 e. The molecule has 0 saturated carbocycles. The van der Waals surface area contributed by atoms with Crippen LogP contribution in [0.4, 0.5) is 4.39 Å². The third kappa shape index (κ3) is 0.961. The Morgan fingerprint density at radius 2 is 2.57 bits per heavy atom. The number of aromatic nitrogens is 1. The summed E-state index contributed by atoms with van der Waals surface area (Å²) in [6.45, 7) is 0. The molecule has 0 aliphatic carbocycles. The van der Waals surface area contributed by atoms with Crippen LogP contribution in [0.15, 0.2) is 24.4 Å². The van der Waals surface area contributed by atoms with Gasteiger partial charge in [0, 0.05) is 6.20 Å². The predicted molar refractivity (Wildman–Crippen MR) is 24.2 cm³/mol. The molecular weight excluding hydrogens is 93.1 g/mol. The number of hydrogen-bond donors (Lipinski definition) is 0. The number of nitrogens with zero attached hydrogens (tertiary/aromatic N) is 1. The van der Waals surface area contributed by atoms with Crippen molar-refractivity contribution in [2.45, 2.75) is 0 Å². The second-order valence-corrected chi connectivity index (χ2v) is 1.07. The maximum Gasteiger partial charge on any atom is 0.212 e. The van der Waals surface area contributed by atoms with Gasteiger partial charge in [-0.05, 0) is 12.1 Å². The third-order valence-electron chi connectivity index (χ3n) is 0.573. The maximum atomic E-state index is 12.0. The highest BCUT2D eigenvalue weighted by Crippen LogP contribution is 1.85. The third-order valence-corrected chi connectivity index (χ3v) is 0.573. The van der Waals surface area contributed by atoms with E-state index in [2.05, 4.69) is 4.98 Å². The van der Waals surface area contributed by atoms with Gasteiger partial charge in [-0.1, -0.05) is 6.07 Å². The highest BCUT2D eigenvalue weighted by atomic mass is 19.1. The van der Waals surface area contributed by atoms with Crippen LogP contribution in [0, 0.1) is 5.95 Å². The van der Waals surface area contributed by atoms with Crippen molar-refractivity contribution in [3.8, 4) is 0 Å². The SMILES string of the molecule is [2H]c1cccnc1F. The quantitative estimate of drug-likeness (QED) is 0.444. The van der Waals surface area contributed by atoms with Crippen LogP contribution in [-0.4, -0.2) is 4.98 Å². The zero-order valence-electron chi connectivity index (χ0n) is 4.56. The van der Waals surface area contributed by atoms with E-state index in [-0.39, 0.29) is 6.04 Å². The van der Waals surface area contributed by atoms with Crippen LogP contribution in [-0.2, 0) is 0 Å². The molecule has 1 heterocycles. The van der Waals surface area contributed by atoms with Crippen LogP contribution < -0.4 is 0 Å². The molecule has 0 fully saturated rings. The molecule has 1 aromatic heterocycles. The van der Waals surface area contributed by atoms with E-state index >= 15 is 0 Å². The first-order valence-corrected chi connectivity index (χ1v) is 1.88. The lowest BCUT2D eigenvalue weighted by Gasteiger charge is -1.78. The van der Waals surface area contributed by atoms with Gasteiger partial charge < -0.3 is 0 Å². The lowest BCUT2D eigenvalue weighted by molar-refractivity contribution is 0.584. The Hall–Kier alpha value is -0.920. The van der Waals surface area contributed by atoms with Crippen molar-refractivity contribution in [1.29, 1.82) is 0 Å².